The van der Waals surface area contributed by atoms with E-state index in [1.165, 1.54) is 77.0 Å². The minimum Gasteiger partial charge on any atom is -0.507 e. The zero-order chi connectivity index (χ0) is 23.0. The van der Waals surface area contributed by atoms with Crippen LogP contribution in [0.2, 0.25) is 10.0 Å². The van der Waals surface area contributed by atoms with Gasteiger partial charge in [0.1, 0.15) is 5.75 Å². The Bertz CT molecular complexity index is 819. The van der Waals surface area contributed by atoms with Crippen molar-refractivity contribution >= 4 is 28.9 Å². The van der Waals surface area contributed by atoms with E-state index in [-0.39, 0.29) is 5.75 Å². The van der Waals surface area contributed by atoms with Crippen LogP contribution in [0.15, 0.2) is 47.5 Å². The molecule has 32 heavy (non-hydrogen) atoms. The number of benzene rings is 2. The van der Waals surface area contributed by atoms with Gasteiger partial charge in [0.2, 0.25) is 0 Å². The van der Waals surface area contributed by atoms with Crippen molar-refractivity contribution in [1.82, 2.24) is 0 Å². The van der Waals surface area contributed by atoms with Crippen molar-refractivity contribution in [1.29, 1.82) is 0 Å². The summed E-state index contributed by atoms with van der Waals surface area (Å²) in [6.07, 6.45) is 17.3. The molecule has 0 aliphatic heterocycles. The first-order chi connectivity index (χ1) is 15.6. The summed E-state index contributed by atoms with van der Waals surface area (Å²) >= 11 is 12.6. The number of rotatable bonds is 16. The SMILES string of the molecule is CCCCCCCCCCCCCCCN=C(c1cc(Cl)ccc1O)c1ccccc1Cl. The molecule has 0 saturated carbocycles. The molecule has 0 aliphatic rings. The standard InChI is InChI=1S/C28H39Cl2NO/c1-2-3-4-5-6-7-8-9-10-11-12-13-16-21-31-28(24-17-14-15-18-26(24)30)25-22-23(29)19-20-27(25)32/h14-15,17-20,22,32H,2-13,16,21H2,1H3. The number of nitrogens with zero attached hydrogens (tertiary/aromatic N) is 1. The molecule has 0 radical (unpaired) electrons. The van der Waals surface area contributed by atoms with Gasteiger partial charge in [0.05, 0.1) is 5.71 Å². The Morgan fingerprint density at radius 1 is 0.719 bits per heavy atom. The molecule has 0 saturated heterocycles. The lowest BCUT2D eigenvalue weighted by Crippen LogP contribution is -2.06. The van der Waals surface area contributed by atoms with Gasteiger partial charge in [0.15, 0.2) is 0 Å². The van der Waals surface area contributed by atoms with E-state index in [0.717, 1.165) is 12.0 Å². The summed E-state index contributed by atoms with van der Waals surface area (Å²) in [5.41, 5.74) is 2.15. The van der Waals surface area contributed by atoms with Gasteiger partial charge in [0.25, 0.3) is 0 Å². The summed E-state index contributed by atoms with van der Waals surface area (Å²) in [4.78, 5) is 4.83. The summed E-state index contributed by atoms with van der Waals surface area (Å²) in [6, 6.07) is 12.6. The number of hydrogen-bond acceptors (Lipinski definition) is 2. The minimum atomic E-state index is 0.165. The Labute approximate surface area is 205 Å². The Morgan fingerprint density at radius 3 is 1.88 bits per heavy atom. The first-order valence-corrected chi connectivity index (χ1v) is 13.2. The van der Waals surface area contributed by atoms with Crippen LogP contribution in [0.5, 0.6) is 5.75 Å². The lowest BCUT2D eigenvalue weighted by Gasteiger charge is -2.12. The predicted octanol–water partition coefficient (Wildman–Crippen LogP) is 9.63. The molecule has 4 heteroatoms. The molecule has 2 nitrogen and oxygen atoms in total. The van der Waals surface area contributed by atoms with E-state index in [1.807, 2.05) is 24.3 Å². The number of phenols is 1. The third-order valence-corrected chi connectivity index (χ3v) is 6.44. The highest BCUT2D eigenvalue weighted by Gasteiger charge is 2.14. The second-order valence-electron chi connectivity index (χ2n) is 8.61. The van der Waals surface area contributed by atoms with Crippen molar-refractivity contribution in [2.75, 3.05) is 6.54 Å². The monoisotopic (exact) mass is 475 g/mol. The van der Waals surface area contributed by atoms with E-state index in [0.29, 0.717) is 27.9 Å². The van der Waals surface area contributed by atoms with E-state index in [2.05, 4.69) is 6.92 Å². The largest absolute Gasteiger partial charge is 0.507 e. The average Bonchev–Trinajstić information content (AvgIpc) is 2.79. The topological polar surface area (TPSA) is 32.6 Å². The third kappa shape index (κ3) is 9.96. The van der Waals surface area contributed by atoms with E-state index in [4.69, 9.17) is 28.2 Å². The summed E-state index contributed by atoms with van der Waals surface area (Å²) in [5, 5.41) is 11.6. The molecule has 0 atom stereocenters. The van der Waals surface area contributed by atoms with Gasteiger partial charge in [-0.15, -0.1) is 0 Å². The lowest BCUT2D eigenvalue weighted by atomic mass is 10.0. The van der Waals surface area contributed by atoms with Crippen LogP contribution in [-0.2, 0) is 0 Å². The summed E-state index contributed by atoms with van der Waals surface area (Å²) in [6.45, 7) is 2.98. The molecule has 0 unspecified atom stereocenters. The number of hydrogen-bond donors (Lipinski definition) is 1. The molecule has 0 aliphatic carbocycles. The first-order valence-electron chi connectivity index (χ1n) is 12.4. The maximum atomic E-state index is 10.4. The maximum absolute atomic E-state index is 10.4. The molecular formula is C28H39Cl2NO. The fraction of sp³-hybridized carbons (Fsp3) is 0.536. The van der Waals surface area contributed by atoms with Crippen LogP contribution in [0, 0.1) is 0 Å². The number of unbranched alkanes of at least 4 members (excludes halogenated alkanes) is 12. The van der Waals surface area contributed by atoms with Gasteiger partial charge in [-0.1, -0.05) is 125 Å². The molecule has 0 aromatic heterocycles. The van der Waals surface area contributed by atoms with Crippen LogP contribution >= 0.6 is 23.2 Å². The molecule has 0 amide bonds. The van der Waals surface area contributed by atoms with Crippen LogP contribution in [-0.4, -0.2) is 17.4 Å². The van der Waals surface area contributed by atoms with Gasteiger partial charge in [-0.05, 0) is 30.7 Å². The molecule has 0 fully saturated rings. The van der Waals surface area contributed by atoms with Crippen molar-refractivity contribution in [2.45, 2.75) is 90.4 Å². The summed E-state index contributed by atoms with van der Waals surface area (Å²) in [5.74, 6) is 0.165. The van der Waals surface area contributed by atoms with Crippen molar-refractivity contribution in [3.8, 4) is 5.75 Å². The molecule has 176 valence electrons. The van der Waals surface area contributed by atoms with Crippen LogP contribution in [0.4, 0.5) is 0 Å². The quantitative estimate of drug-likeness (QED) is 0.190. The highest BCUT2D eigenvalue weighted by molar-refractivity contribution is 6.36. The second-order valence-corrected chi connectivity index (χ2v) is 9.46. The zero-order valence-corrected chi connectivity index (χ0v) is 21.1. The summed E-state index contributed by atoms with van der Waals surface area (Å²) < 4.78 is 0. The number of aromatic hydroxyl groups is 1. The highest BCUT2D eigenvalue weighted by atomic mass is 35.5. The fourth-order valence-corrected chi connectivity index (χ4v) is 4.38. The van der Waals surface area contributed by atoms with Gasteiger partial charge in [-0.2, -0.15) is 0 Å². The highest BCUT2D eigenvalue weighted by Crippen LogP contribution is 2.28. The Hall–Kier alpha value is -1.51. The number of aliphatic imine (C=N–C) groups is 1. The van der Waals surface area contributed by atoms with Gasteiger partial charge in [-0.25, -0.2) is 0 Å². The van der Waals surface area contributed by atoms with E-state index in [9.17, 15) is 5.11 Å². The molecular weight excluding hydrogens is 437 g/mol. The summed E-state index contributed by atoms with van der Waals surface area (Å²) in [7, 11) is 0. The maximum Gasteiger partial charge on any atom is 0.125 e. The fourth-order valence-electron chi connectivity index (χ4n) is 3.99. The van der Waals surface area contributed by atoms with E-state index in [1.54, 1.807) is 18.2 Å². The van der Waals surface area contributed by atoms with Crippen LogP contribution < -0.4 is 0 Å². The van der Waals surface area contributed by atoms with Gasteiger partial charge < -0.3 is 5.11 Å². The molecule has 2 aromatic rings. The molecule has 1 N–H and O–H groups in total. The Kier molecular flexibility index (Phi) is 13.5. The Morgan fingerprint density at radius 2 is 1.28 bits per heavy atom. The van der Waals surface area contributed by atoms with Crippen LogP contribution in [0.25, 0.3) is 0 Å². The Balaban J connectivity index is 1.74. The van der Waals surface area contributed by atoms with Gasteiger partial charge >= 0.3 is 0 Å². The number of phenolic OH excluding ortho intramolecular Hbond substituents is 1. The minimum absolute atomic E-state index is 0.165. The van der Waals surface area contributed by atoms with E-state index >= 15 is 0 Å². The van der Waals surface area contributed by atoms with Crippen molar-refractivity contribution in [3.63, 3.8) is 0 Å². The zero-order valence-electron chi connectivity index (χ0n) is 19.6. The lowest BCUT2D eigenvalue weighted by molar-refractivity contribution is 0.474. The average molecular weight is 477 g/mol. The predicted molar refractivity (Wildman–Crippen MR) is 141 cm³/mol. The van der Waals surface area contributed by atoms with Gasteiger partial charge in [-0.3, -0.25) is 4.99 Å². The smallest absolute Gasteiger partial charge is 0.125 e. The van der Waals surface area contributed by atoms with Gasteiger partial charge in [0, 0.05) is 27.7 Å². The third-order valence-electron chi connectivity index (χ3n) is 5.87. The molecule has 2 rings (SSSR count). The van der Waals surface area contributed by atoms with Crippen molar-refractivity contribution in [2.24, 2.45) is 4.99 Å². The van der Waals surface area contributed by atoms with Crippen LogP contribution in [0.1, 0.15) is 102 Å². The van der Waals surface area contributed by atoms with Crippen molar-refractivity contribution < 1.29 is 5.11 Å². The molecule has 0 heterocycles. The van der Waals surface area contributed by atoms with Crippen LogP contribution in [0.3, 0.4) is 0 Å². The normalized spacial score (nSPS) is 11.8. The number of halogens is 2. The first kappa shape index (κ1) is 26.7. The van der Waals surface area contributed by atoms with Crippen molar-refractivity contribution in [3.05, 3.63) is 63.6 Å². The van der Waals surface area contributed by atoms with E-state index < -0.39 is 0 Å². The molecule has 2 aromatic carbocycles. The molecule has 0 bridgehead atoms. The molecule has 0 spiro atoms. The second kappa shape index (κ2) is 16.2.